The van der Waals surface area contributed by atoms with Crippen molar-refractivity contribution in [2.45, 2.75) is 192 Å². The van der Waals surface area contributed by atoms with Crippen molar-refractivity contribution in [2.75, 3.05) is 0 Å². The van der Waals surface area contributed by atoms with Gasteiger partial charge in [-0.05, 0) is 149 Å². The summed E-state index contributed by atoms with van der Waals surface area (Å²) in [6, 6.07) is 4.02. The van der Waals surface area contributed by atoms with E-state index >= 15 is 0 Å². The number of likely N-dealkylation sites (tertiary alicyclic amines) is 2. The summed E-state index contributed by atoms with van der Waals surface area (Å²) in [6.07, 6.45) is 50.0. The standard InChI is InChI=1S/C48H72N2/c1-32-19-26-40-41-30-36(24-27-44(41)50(46(40)29-32)43-18-10-12-35-11-6-7-15-39(35)43)33-20-22-34(23-21-33)37-25-28-47-48(2,31-37)42-16-8-9-17-45(42)49(47)38-13-4-3-5-14-38/h8,16,24-25,27-28,32-35,37-43,45-47H,3-7,9-15,17-23,26,29-31H2,1-2H3/t32?,33?,34?,35?,37?,39?,40-,41?,42?,43?,45?,46?,47?,48?/m1/s1. The molecule has 2 saturated heterocycles. The van der Waals surface area contributed by atoms with Gasteiger partial charge in [0.1, 0.15) is 0 Å². The van der Waals surface area contributed by atoms with Gasteiger partial charge in [0.15, 0.2) is 0 Å². The molecule has 274 valence electrons. The molecule has 2 heteroatoms. The van der Waals surface area contributed by atoms with Crippen LogP contribution in [0.3, 0.4) is 0 Å². The average molecular weight is 677 g/mol. The number of allylic oxidation sites excluding steroid dienone is 6. The lowest BCUT2D eigenvalue weighted by molar-refractivity contribution is 0.0280. The normalized spacial score (nSPS) is 49.3. The zero-order valence-electron chi connectivity index (χ0n) is 32.2. The minimum absolute atomic E-state index is 0.431. The average Bonchev–Trinajstić information content (AvgIpc) is 3.62. The van der Waals surface area contributed by atoms with Crippen LogP contribution >= 0.6 is 0 Å². The Hall–Kier alpha value is -1.28. The molecule has 0 aromatic carbocycles. The lowest BCUT2D eigenvalue weighted by Crippen LogP contribution is -2.50. The van der Waals surface area contributed by atoms with Crippen molar-refractivity contribution in [3.63, 3.8) is 0 Å². The molecular weight excluding hydrogens is 605 g/mol. The maximum atomic E-state index is 3.17. The van der Waals surface area contributed by atoms with Crippen LogP contribution in [0.25, 0.3) is 0 Å². The first-order valence-electron chi connectivity index (χ1n) is 22.9. The first-order valence-corrected chi connectivity index (χ1v) is 22.9. The lowest BCUT2D eigenvalue weighted by atomic mass is 9.60. The van der Waals surface area contributed by atoms with Crippen LogP contribution < -0.4 is 0 Å². The van der Waals surface area contributed by atoms with Gasteiger partial charge in [0, 0.05) is 41.8 Å². The van der Waals surface area contributed by atoms with Crippen molar-refractivity contribution >= 4 is 0 Å². The summed E-state index contributed by atoms with van der Waals surface area (Å²) in [7, 11) is 0. The van der Waals surface area contributed by atoms with Gasteiger partial charge in [0.2, 0.25) is 0 Å². The molecule has 10 rings (SSSR count). The van der Waals surface area contributed by atoms with E-state index in [-0.39, 0.29) is 0 Å². The summed E-state index contributed by atoms with van der Waals surface area (Å²) in [5.41, 5.74) is 4.13. The van der Waals surface area contributed by atoms with Crippen LogP contribution in [0.1, 0.15) is 162 Å². The summed E-state index contributed by atoms with van der Waals surface area (Å²) < 4.78 is 0. The molecule has 10 aliphatic rings. The lowest BCUT2D eigenvalue weighted by Gasteiger charge is -2.49. The summed E-state index contributed by atoms with van der Waals surface area (Å²) in [6.45, 7) is 5.31. The van der Waals surface area contributed by atoms with Crippen molar-refractivity contribution < 1.29 is 0 Å². The highest BCUT2D eigenvalue weighted by Gasteiger charge is 2.58. The topological polar surface area (TPSA) is 6.48 Å². The van der Waals surface area contributed by atoms with E-state index in [0.717, 1.165) is 77.4 Å². The zero-order valence-corrected chi connectivity index (χ0v) is 32.2. The minimum Gasteiger partial charge on any atom is -0.368 e. The number of hydrogen-bond donors (Lipinski definition) is 0. The van der Waals surface area contributed by atoms with Crippen LogP contribution in [0.2, 0.25) is 0 Å². The predicted octanol–water partition coefficient (Wildman–Crippen LogP) is 12.0. The molecule has 0 N–H and O–H groups in total. The Morgan fingerprint density at radius 2 is 1.48 bits per heavy atom. The molecule has 0 aromatic heterocycles. The highest BCUT2D eigenvalue weighted by atomic mass is 15.3. The molecule has 8 aliphatic carbocycles. The van der Waals surface area contributed by atoms with Gasteiger partial charge < -0.3 is 4.90 Å². The van der Waals surface area contributed by atoms with Crippen molar-refractivity contribution in [1.82, 2.24) is 9.80 Å². The van der Waals surface area contributed by atoms with Crippen molar-refractivity contribution in [1.29, 1.82) is 0 Å². The Morgan fingerprint density at radius 3 is 2.36 bits per heavy atom. The number of nitrogens with zero attached hydrogens (tertiary/aromatic N) is 2. The van der Waals surface area contributed by atoms with Gasteiger partial charge in [-0.15, -0.1) is 0 Å². The van der Waals surface area contributed by atoms with E-state index < -0.39 is 0 Å². The van der Waals surface area contributed by atoms with E-state index in [9.17, 15) is 0 Å². The fourth-order valence-electron chi connectivity index (χ4n) is 15.8. The number of rotatable bonds is 4. The first-order chi connectivity index (χ1) is 24.6. The highest BCUT2D eigenvalue weighted by Crippen LogP contribution is 2.59. The summed E-state index contributed by atoms with van der Waals surface area (Å²) in [5, 5.41) is 0. The summed E-state index contributed by atoms with van der Waals surface area (Å²) in [5.74, 6) is 8.04. The molecule has 0 amide bonds. The molecule has 0 aromatic rings. The molecule has 11 unspecified atom stereocenters. The Labute approximate surface area is 307 Å². The number of hydrogen-bond acceptors (Lipinski definition) is 2. The van der Waals surface area contributed by atoms with Crippen molar-refractivity contribution in [2.24, 2.45) is 58.7 Å². The quantitative estimate of drug-likeness (QED) is 0.273. The van der Waals surface area contributed by atoms with Gasteiger partial charge in [-0.3, -0.25) is 4.90 Å². The molecule has 50 heavy (non-hydrogen) atoms. The highest BCUT2D eigenvalue weighted by molar-refractivity contribution is 5.34. The third-order valence-corrected chi connectivity index (χ3v) is 18.1. The fourth-order valence-corrected chi connectivity index (χ4v) is 15.8. The fraction of sp³-hybridized carbons (Fsp3) is 0.833. The largest absolute Gasteiger partial charge is 0.368 e. The van der Waals surface area contributed by atoms with E-state index in [1.807, 2.05) is 11.3 Å². The molecule has 7 fully saturated rings. The van der Waals surface area contributed by atoms with Gasteiger partial charge in [-0.1, -0.05) is 108 Å². The summed E-state index contributed by atoms with van der Waals surface area (Å²) >= 11 is 0. The van der Waals surface area contributed by atoms with E-state index in [1.54, 1.807) is 0 Å². The van der Waals surface area contributed by atoms with Crippen LogP contribution in [0.4, 0.5) is 0 Å². The van der Waals surface area contributed by atoms with Crippen LogP contribution in [0.15, 0.2) is 47.7 Å². The van der Waals surface area contributed by atoms with Crippen LogP contribution in [-0.2, 0) is 0 Å². The zero-order chi connectivity index (χ0) is 33.4. The van der Waals surface area contributed by atoms with Gasteiger partial charge in [-0.25, -0.2) is 0 Å². The van der Waals surface area contributed by atoms with Crippen LogP contribution in [0.5, 0.6) is 0 Å². The maximum Gasteiger partial charge on any atom is 0.0344 e. The smallest absolute Gasteiger partial charge is 0.0344 e. The second-order valence-electron chi connectivity index (χ2n) is 20.6. The van der Waals surface area contributed by atoms with Crippen molar-refractivity contribution in [3.8, 4) is 0 Å². The predicted molar refractivity (Wildman–Crippen MR) is 208 cm³/mol. The third-order valence-electron chi connectivity index (χ3n) is 18.1. The van der Waals surface area contributed by atoms with Crippen molar-refractivity contribution in [3.05, 3.63) is 47.7 Å². The van der Waals surface area contributed by atoms with E-state index in [0.29, 0.717) is 11.5 Å². The molecular formula is C48H72N2. The van der Waals surface area contributed by atoms with Crippen LogP contribution in [0, 0.1) is 58.7 Å². The van der Waals surface area contributed by atoms with Gasteiger partial charge in [0.25, 0.3) is 0 Å². The monoisotopic (exact) mass is 677 g/mol. The third kappa shape index (κ3) is 5.54. The van der Waals surface area contributed by atoms with E-state index in [1.165, 1.54) is 148 Å². The molecule has 2 heterocycles. The molecule has 12 atom stereocenters. The molecule has 0 radical (unpaired) electrons. The molecule has 2 aliphatic heterocycles. The maximum absolute atomic E-state index is 3.17. The van der Waals surface area contributed by atoms with E-state index in [2.05, 4.69) is 60.1 Å². The number of fused-ring (bicyclic) bond motifs is 7. The minimum atomic E-state index is 0.431. The molecule has 5 saturated carbocycles. The van der Waals surface area contributed by atoms with Gasteiger partial charge >= 0.3 is 0 Å². The first kappa shape index (κ1) is 33.3. The Balaban J connectivity index is 0.839. The Morgan fingerprint density at radius 1 is 0.660 bits per heavy atom. The summed E-state index contributed by atoms with van der Waals surface area (Å²) in [4.78, 5) is 6.28. The Kier molecular flexibility index (Phi) is 9.02. The SMILES string of the molecule is CC1CC[C@@H]2C3CC(C4CCC(C5C=CC6N(C7CCCCC7)C7CCC=CC7C6(C)C5)CC4)=CC=C3N(C3CCCC4CCCCC43)C2C1. The molecule has 0 spiro atoms. The molecule has 0 bridgehead atoms. The van der Waals surface area contributed by atoms with Gasteiger partial charge in [-0.2, -0.15) is 0 Å². The second-order valence-corrected chi connectivity index (χ2v) is 20.6. The second kappa shape index (κ2) is 13.5. The van der Waals surface area contributed by atoms with E-state index in [4.69, 9.17) is 0 Å². The Bertz CT molecular complexity index is 1350. The van der Waals surface area contributed by atoms with Crippen LogP contribution in [-0.4, -0.2) is 40.0 Å². The van der Waals surface area contributed by atoms with Gasteiger partial charge in [0.05, 0.1) is 0 Å². The molecule has 2 nitrogen and oxygen atoms in total.